The van der Waals surface area contributed by atoms with Gasteiger partial charge in [0.25, 0.3) is 5.56 Å². The number of fused-ring (bicyclic) bond motifs is 1. The molecule has 1 aliphatic heterocycles. The van der Waals surface area contributed by atoms with E-state index in [0.29, 0.717) is 22.0 Å². The van der Waals surface area contributed by atoms with E-state index in [0.717, 1.165) is 16.7 Å². The molecule has 8 heteroatoms. The molecule has 0 aromatic carbocycles. The van der Waals surface area contributed by atoms with E-state index < -0.39 is 0 Å². The molecule has 2 aromatic heterocycles. The Morgan fingerprint density at radius 3 is 3.05 bits per heavy atom. The van der Waals surface area contributed by atoms with Gasteiger partial charge in [0.1, 0.15) is 5.82 Å². The fraction of sp³-hybridized carbons (Fsp3) is 0.0909. The van der Waals surface area contributed by atoms with Crippen molar-refractivity contribution in [3.8, 4) is 0 Å². The lowest BCUT2D eigenvalue weighted by Gasteiger charge is -2.04. The molecule has 0 saturated heterocycles. The Morgan fingerprint density at radius 1 is 1.53 bits per heavy atom. The van der Waals surface area contributed by atoms with Crippen molar-refractivity contribution in [3.05, 3.63) is 33.8 Å². The zero-order valence-corrected chi connectivity index (χ0v) is 11.5. The summed E-state index contributed by atoms with van der Waals surface area (Å²) in [5.41, 5.74) is 6.73. The van der Waals surface area contributed by atoms with Gasteiger partial charge in [-0.05, 0) is 24.5 Å². The van der Waals surface area contributed by atoms with Gasteiger partial charge < -0.3 is 5.73 Å². The molecule has 0 aliphatic carbocycles. The van der Waals surface area contributed by atoms with E-state index >= 15 is 0 Å². The van der Waals surface area contributed by atoms with Gasteiger partial charge in [0.05, 0.1) is 11.3 Å². The van der Waals surface area contributed by atoms with Crippen LogP contribution in [-0.4, -0.2) is 26.2 Å². The van der Waals surface area contributed by atoms with E-state index in [4.69, 9.17) is 5.73 Å². The van der Waals surface area contributed by atoms with Crippen LogP contribution in [0.15, 0.2) is 32.8 Å². The minimum Gasteiger partial charge on any atom is -0.384 e. The van der Waals surface area contributed by atoms with Crippen LogP contribution in [0.4, 0.5) is 5.82 Å². The van der Waals surface area contributed by atoms with Crippen LogP contribution in [-0.2, 0) is 0 Å². The zero-order chi connectivity index (χ0) is 13.4. The lowest BCUT2D eigenvalue weighted by molar-refractivity contribution is 0.953. The van der Waals surface area contributed by atoms with Crippen molar-refractivity contribution in [3.63, 3.8) is 0 Å². The predicted molar refractivity (Wildman–Crippen MR) is 78.9 cm³/mol. The predicted octanol–water partition coefficient (Wildman–Crippen LogP) is 1.44. The number of aromatic nitrogens is 3. The molecule has 0 unspecified atom stereocenters. The number of aliphatic imine (C=N–C) groups is 1. The summed E-state index contributed by atoms with van der Waals surface area (Å²) in [5.74, 6) is 0.344. The molecule has 2 aromatic rings. The second-order valence-electron chi connectivity index (χ2n) is 3.71. The molecule has 96 valence electrons. The summed E-state index contributed by atoms with van der Waals surface area (Å²) < 4.78 is 5.90. The molecule has 0 atom stereocenters. The first-order valence-electron chi connectivity index (χ1n) is 5.35. The maximum atomic E-state index is 12.0. The SMILES string of the molecule is CSc1nsc2nc(=O)c(C=C3C=CC=N3)c(N)n12. The van der Waals surface area contributed by atoms with Crippen LogP contribution < -0.4 is 11.3 Å². The van der Waals surface area contributed by atoms with Crippen LogP contribution in [0.1, 0.15) is 5.56 Å². The number of rotatable bonds is 2. The summed E-state index contributed by atoms with van der Waals surface area (Å²) in [4.78, 5) is 20.6. The van der Waals surface area contributed by atoms with Crippen molar-refractivity contribution in [1.82, 2.24) is 13.8 Å². The Kier molecular flexibility index (Phi) is 2.96. The lowest BCUT2D eigenvalue weighted by Crippen LogP contribution is -2.16. The highest BCUT2D eigenvalue weighted by Crippen LogP contribution is 2.23. The Hall–Kier alpha value is -1.93. The van der Waals surface area contributed by atoms with E-state index in [2.05, 4.69) is 14.3 Å². The molecular weight excluding hydrogens is 282 g/mol. The fourth-order valence-electron chi connectivity index (χ4n) is 1.71. The van der Waals surface area contributed by atoms with E-state index in [1.54, 1.807) is 28.8 Å². The topological polar surface area (TPSA) is 85.6 Å². The van der Waals surface area contributed by atoms with Gasteiger partial charge in [-0.15, -0.1) is 0 Å². The molecule has 19 heavy (non-hydrogen) atoms. The Bertz CT molecular complexity index is 785. The van der Waals surface area contributed by atoms with Crippen LogP contribution in [0.2, 0.25) is 0 Å². The summed E-state index contributed by atoms with van der Waals surface area (Å²) in [5, 5.41) is 0.718. The number of allylic oxidation sites excluding steroid dienone is 2. The number of hydrogen-bond donors (Lipinski definition) is 1. The van der Waals surface area contributed by atoms with Crippen molar-refractivity contribution in [2.24, 2.45) is 4.99 Å². The standard InChI is InChI=1S/C11H9N5OS2/c1-18-11-15-19-10-14-9(17)7(8(12)16(10)11)5-6-3-2-4-13-6/h2-5H,12H2,1H3. The number of hydrogen-bond acceptors (Lipinski definition) is 7. The molecule has 0 amide bonds. The van der Waals surface area contributed by atoms with Gasteiger partial charge in [-0.3, -0.25) is 9.79 Å². The number of nitrogens with zero attached hydrogens (tertiary/aromatic N) is 4. The maximum absolute atomic E-state index is 12.0. The number of anilines is 1. The van der Waals surface area contributed by atoms with Gasteiger partial charge in [-0.25, -0.2) is 4.40 Å². The first kappa shape index (κ1) is 12.1. The van der Waals surface area contributed by atoms with Gasteiger partial charge >= 0.3 is 0 Å². The van der Waals surface area contributed by atoms with Crippen LogP contribution in [0.25, 0.3) is 11.0 Å². The molecule has 3 heterocycles. The van der Waals surface area contributed by atoms with Crippen molar-refractivity contribution < 1.29 is 0 Å². The van der Waals surface area contributed by atoms with Gasteiger partial charge in [-0.1, -0.05) is 11.8 Å². The van der Waals surface area contributed by atoms with Crippen LogP contribution >= 0.6 is 23.3 Å². The van der Waals surface area contributed by atoms with Crippen LogP contribution in [0.5, 0.6) is 0 Å². The summed E-state index contributed by atoms with van der Waals surface area (Å²) in [6, 6.07) is 0. The average Bonchev–Trinajstić information content (AvgIpc) is 3.02. The first-order valence-corrected chi connectivity index (χ1v) is 7.35. The molecule has 0 radical (unpaired) electrons. The van der Waals surface area contributed by atoms with Crippen molar-refractivity contribution in [1.29, 1.82) is 0 Å². The average molecular weight is 291 g/mol. The maximum Gasteiger partial charge on any atom is 0.283 e. The van der Waals surface area contributed by atoms with Crippen LogP contribution in [0.3, 0.4) is 0 Å². The van der Waals surface area contributed by atoms with E-state index in [9.17, 15) is 4.79 Å². The molecule has 3 rings (SSSR count). The van der Waals surface area contributed by atoms with Gasteiger partial charge in [-0.2, -0.15) is 9.36 Å². The Balaban J connectivity index is 2.30. The zero-order valence-electron chi connectivity index (χ0n) is 9.90. The minimum atomic E-state index is -0.364. The molecule has 1 aliphatic rings. The quantitative estimate of drug-likeness (QED) is 0.846. The Labute approximate surface area is 116 Å². The van der Waals surface area contributed by atoms with Gasteiger partial charge in [0.15, 0.2) is 5.16 Å². The normalized spacial score (nSPS) is 15.9. The second kappa shape index (κ2) is 4.63. The molecule has 0 fully saturated rings. The minimum absolute atomic E-state index is 0.340. The smallest absolute Gasteiger partial charge is 0.283 e. The largest absolute Gasteiger partial charge is 0.384 e. The van der Waals surface area contributed by atoms with Gasteiger partial charge in [0, 0.05) is 17.7 Å². The summed E-state index contributed by atoms with van der Waals surface area (Å²) in [7, 11) is 0. The van der Waals surface area contributed by atoms with Gasteiger partial charge in [0.2, 0.25) is 4.96 Å². The number of nitrogens with two attached hydrogens (primary N) is 1. The van der Waals surface area contributed by atoms with E-state index in [1.807, 2.05) is 6.26 Å². The Morgan fingerprint density at radius 2 is 2.37 bits per heavy atom. The summed E-state index contributed by atoms with van der Waals surface area (Å²) in [6.07, 6.45) is 8.79. The highest BCUT2D eigenvalue weighted by atomic mass is 32.2. The number of nitrogen functional groups attached to an aromatic ring is 1. The molecular formula is C11H9N5OS2. The third kappa shape index (κ3) is 1.98. The lowest BCUT2D eigenvalue weighted by atomic mass is 10.2. The first-order chi connectivity index (χ1) is 9.20. The second-order valence-corrected chi connectivity index (χ2v) is 5.21. The summed E-state index contributed by atoms with van der Waals surface area (Å²) in [6.45, 7) is 0. The van der Waals surface area contributed by atoms with E-state index in [1.165, 1.54) is 11.8 Å². The highest BCUT2D eigenvalue weighted by molar-refractivity contribution is 7.98. The molecule has 6 nitrogen and oxygen atoms in total. The third-order valence-electron chi connectivity index (χ3n) is 2.58. The van der Waals surface area contributed by atoms with E-state index in [-0.39, 0.29) is 5.56 Å². The summed E-state index contributed by atoms with van der Waals surface area (Å²) >= 11 is 2.61. The molecule has 2 N–H and O–H groups in total. The molecule has 0 saturated carbocycles. The van der Waals surface area contributed by atoms with Crippen LogP contribution in [0, 0.1) is 0 Å². The van der Waals surface area contributed by atoms with Crippen molar-refractivity contribution in [2.45, 2.75) is 5.16 Å². The number of thioether (sulfide) groups is 1. The third-order valence-corrected chi connectivity index (χ3v) is 4.04. The monoisotopic (exact) mass is 291 g/mol. The highest BCUT2D eigenvalue weighted by Gasteiger charge is 2.14. The molecule has 0 spiro atoms. The van der Waals surface area contributed by atoms with Crippen molar-refractivity contribution in [2.75, 3.05) is 12.0 Å². The fourth-order valence-corrected chi connectivity index (χ4v) is 3.17. The van der Waals surface area contributed by atoms with Crippen molar-refractivity contribution >= 4 is 46.4 Å². The molecule has 0 bridgehead atoms.